The molecule has 2 atom stereocenters. The molecule has 6 heteroatoms. The molecule has 1 aliphatic rings. The van der Waals surface area contributed by atoms with Crippen LogP contribution in [0.15, 0.2) is 24.3 Å². The van der Waals surface area contributed by atoms with Crippen molar-refractivity contribution in [3.8, 4) is 0 Å². The fraction of sp³-hybridized carbons (Fsp3) is 0.417. The van der Waals surface area contributed by atoms with Gasteiger partial charge in [-0.1, -0.05) is 21.9 Å². The van der Waals surface area contributed by atoms with Crippen LogP contribution in [0.3, 0.4) is 0 Å². The number of hydrogen-bond donors (Lipinski definition) is 3. The van der Waals surface area contributed by atoms with Gasteiger partial charge in [-0.15, -0.1) is 0 Å². The van der Waals surface area contributed by atoms with Gasteiger partial charge in [-0.2, -0.15) is 4.55 Å². The molecule has 1 fully saturated rings. The van der Waals surface area contributed by atoms with Crippen molar-refractivity contribution in [1.82, 2.24) is 5.32 Å². The summed E-state index contributed by atoms with van der Waals surface area (Å²) in [4.78, 5) is 0. The van der Waals surface area contributed by atoms with Crippen LogP contribution in [0.4, 0.5) is 5.69 Å². The predicted octanol–water partition coefficient (Wildman–Crippen LogP) is 2.03. The Labute approximate surface area is 113 Å². The zero-order valence-corrected chi connectivity index (χ0v) is 11.8. The molecule has 0 spiro atoms. The van der Waals surface area contributed by atoms with Crippen molar-refractivity contribution in [1.29, 1.82) is 0 Å². The van der Waals surface area contributed by atoms with Gasteiger partial charge in [0.05, 0.1) is 6.04 Å². The number of rotatable bonds is 2. The molecule has 2 rings (SSSR count). The highest BCUT2D eigenvalue weighted by Crippen LogP contribution is 2.16. The zero-order chi connectivity index (χ0) is 13.2. The second-order valence-corrected chi connectivity index (χ2v) is 7.29. The molecule has 1 unspecified atom stereocenters. The Kier molecular flexibility index (Phi) is 3.99. The van der Waals surface area contributed by atoms with Gasteiger partial charge in [0.15, 0.2) is 10.9 Å². The van der Waals surface area contributed by atoms with Crippen molar-refractivity contribution < 1.29 is 8.76 Å². The minimum absolute atomic E-state index is 0.00653. The fourth-order valence-corrected chi connectivity index (χ4v) is 3.89. The molecule has 18 heavy (non-hydrogen) atoms. The van der Waals surface area contributed by atoms with Gasteiger partial charge >= 0.3 is 0 Å². The maximum Gasteiger partial charge on any atom is 0.216 e. The van der Waals surface area contributed by atoms with Crippen molar-refractivity contribution in [3.05, 3.63) is 29.8 Å². The standard InChI is InChI=1S/C12H16N2O2S2/c1-9-2-4-10(5-3-9)13-12(17)14-11-6-7-18(15,16)8-11/h2-5,11H,6-8H2,1H3,(H2-,13,14,15,16,17)/p+1/t11-/m0/s1. The molecule has 98 valence electrons. The van der Waals surface area contributed by atoms with Gasteiger partial charge in [-0.25, -0.2) is 0 Å². The van der Waals surface area contributed by atoms with E-state index in [0.29, 0.717) is 17.3 Å². The smallest absolute Gasteiger partial charge is 0.216 e. The lowest BCUT2D eigenvalue weighted by molar-refractivity contribution is 0.502. The van der Waals surface area contributed by atoms with Gasteiger partial charge in [0.2, 0.25) is 10.2 Å². The monoisotopic (exact) mass is 285 g/mol. The van der Waals surface area contributed by atoms with Gasteiger partial charge in [-0.05, 0) is 31.3 Å². The molecular formula is C12H17N2O2S2+. The highest BCUT2D eigenvalue weighted by atomic mass is 32.3. The first-order valence-electron chi connectivity index (χ1n) is 5.81. The summed E-state index contributed by atoms with van der Waals surface area (Å²) in [6.07, 6.45) is 0.686. The maximum absolute atomic E-state index is 11.4. The highest BCUT2D eigenvalue weighted by molar-refractivity contribution is 7.98. The number of nitrogens with one attached hydrogen (secondary N) is 2. The topological polar surface area (TPSA) is 61.4 Å². The lowest BCUT2D eigenvalue weighted by atomic mass is 10.2. The molecule has 3 N–H and O–H groups in total. The molecule has 0 bridgehead atoms. The SMILES string of the molecule is Cc1ccc(NC(=S)N[C@H]2CC[S+](=O)(O)C2)cc1. The highest BCUT2D eigenvalue weighted by Gasteiger charge is 2.38. The van der Waals surface area contributed by atoms with E-state index < -0.39 is 10.2 Å². The zero-order valence-electron chi connectivity index (χ0n) is 10.2. The van der Waals surface area contributed by atoms with Crippen LogP contribution < -0.4 is 10.6 Å². The second kappa shape index (κ2) is 5.34. The molecular weight excluding hydrogens is 268 g/mol. The van der Waals surface area contributed by atoms with E-state index >= 15 is 0 Å². The summed E-state index contributed by atoms with van der Waals surface area (Å²) in [5.74, 6) is 0.639. The summed E-state index contributed by atoms with van der Waals surface area (Å²) in [6, 6.07) is 7.90. The third-order valence-corrected chi connectivity index (χ3v) is 4.91. The van der Waals surface area contributed by atoms with Gasteiger partial charge in [0.1, 0.15) is 5.75 Å². The first kappa shape index (κ1) is 13.5. The molecule has 0 aromatic heterocycles. The first-order chi connectivity index (χ1) is 8.44. The average molecular weight is 285 g/mol. The van der Waals surface area contributed by atoms with Gasteiger partial charge in [0, 0.05) is 12.1 Å². The van der Waals surface area contributed by atoms with Crippen molar-refractivity contribution in [3.63, 3.8) is 0 Å². The van der Waals surface area contributed by atoms with Crippen molar-refractivity contribution in [2.24, 2.45) is 0 Å². The molecule has 1 saturated heterocycles. The average Bonchev–Trinajstić information content (AvgIpc) is 2.61. The largest absolute Gasteiger partial charge is 0.355 e. The Bertz CT molecular complexity index is 487. The molecule has 1 aromatic rings. The molecule has 1 aliphatic heterocycles. The van der Waals surface area contributed by atoms with Gasteiger partial charge in [-0.3, -0.25) is 0 Å². The van der Waals surface area contributed by atoms with E-state index in [-0.39, 0.29) is 11.8 Å². The van der Waals surface area contributed by atoms with E-state index in [1.54, 1.807) is 0 Å². The van der Waals surface area contributed by atoms with Gasteiger partial charge in [0.25, 0.3) is 0 Å². The van der Waals surface area contributed by atoms with Crippen LogP contribution in [-0.4, -0.2) is 27.2 Å². The normalized spacial score (nSPS) is 26.9. The van der Waals surface area contributed by atoms with Crippen LogP contribution in [0.2, 0.25) is 0 Å². The molecule has 1 heterocycles. The molecule has 1 aromatic carbocycles. The summed E-state index contributed by atoms with van der Waals surface area (Å²) < 4.78 is 20.8. The predicted molar refractivity (Wildman–Crippen MR) is 79.4 cm³/mol. The van der Waals surface area contributed by atoms with E-state index in [1.807, 2.05) is 31.2 Å². The summed E-state index contributed by atoms with van der Waals surface area (Å²) in [5.41, 5.74) is 2.11. The molecule has 0 amide bonds. The Morgan fingerprint density at radius 3 is 2.67 bits per heavy atom. The Balaban J connectivity index is 1.86. The number of anilines is 1. The number of benzene rings is 1. The Morgan fingerprint density at radius 1 is 1.44 bits per heavy atom. The Morgan fingerprint density at radius 2 is 2.11 bits per heavy atom. The fourth-order valence-electron chi connectivity index (χ4n) is 1.91. The van der Waals surface area contributed by atoms with Gasteiger partial charge < -0.3 is 10.6 Å². The van der Waals surface area contributed by atoms with Crippen LogP contribution in [0.25, 0.3) is 0 Å². The van der Waals surface area contributed by atoms with Crippen molar-refractivity contribution in [2.75, 3.05) is 16.8 Å². The minimum atomic E-state index is -2.62. The van der Waals surface area contributed by atoms with E-state index in [1.165, 1.54) is 5.56 Å². The molecule has 0 aliphatic carbocycles. The summed E-state index contributed by atoms with van der Waals surface area (Å²) in [7, 11) is -2.62. The summed E-state index contributed by atoms with van der Waals surface area (Å²) >= 11 is 5.18. The number of hydrogen-bond acceptors (Lipinski definition) is 2. The van der Waals surface area contributed by atoms with Crippen LogP contribution >= 0.6 is 12.2 Å². The molecule has 0 saturated carbocycles. The third-order valence-electron chi connectivity index (χ3n) is 2.89. The molecule has 0 radical (unpaired) electrons. The van der Waals surface area contributed by atoms with E-state index in [4.69, 9.17) is 12.2 Å². The first-order valence-corrected chi connectivity index (χ1v) is 8.07. The lowest BCUT2D eigenvalue weighted by Crippen LogP contribution is -2.38. The van der Waals surface area contributed by atoms with E-state index in [9.17, 15) is 8.76 Å². The number of aryl methyl sites for hydroxylation is 1. The van der Waals surface area contributed by atoms with Crippen LogP contribution in [0.1, 0.15) is 12.0 Å². The van der Waals surface area contributed by atoms with Crippen LogP contribution in [0, 0.1) is 6.92 Å². The second-order valence-electron chi connectivity index (χ2n) is 4.59. The van der Waals surface area contributed by atoms with E-state index in [2.05, 4.69) is 10.6 Å². The lowest BCUT2D eigenvalue weighted by Gasteiger charge is -2.13. The molecule has 4 nitrogen and oxygen atoms in total. The van der Waals surface area contributed by atoms with Crippen LogP contribution in [0.5, 0.6) is 0 Å². The van der Waals surface area contributed by atoms with Crippen molar-refractivity contribution in [2.45, 2.75) is 19.4 Å². The Hall–Kier alpha value is -0.980. The number of thiocarbonyl (C=S) groups is 1. The summed E-state index contributed by atoms with van der Waals surface area (Å²) in [5, 5.41) is 6.65. The third kappa shape index (κ3) is 3.76. The maximum atomic E-state index is 11.4. The van der Waals surface area contributed by atoms with Crippen LogP contribution in [-0.2, 0) is 14.4 Å². The van der Waals surface area contributed by atoms with E-state index in [0.717, 1.165) is 5.69 Å². The summed E-state index contributed by atoms with van der Waals surface area (Å²) in [6.45, 7) is 2.02. The quantitative estimate of drug-likeness (QED) is 0.573. The minimum Gasteiger partial charge on any atom is -0.355 e. The van der Waals surface area contributed by atoms with Crippen molar-refractivity contribution >= 4 is 33.2 Å².